The van der Waals surface area contributed by atoms with Crippen molar-refractivity contribution >= 4 is 29.4 Å². The maximum absolute atomic E-state index is 12.7. The van der Waals surface area contributed by atoms with Crippen LogP contribution in [0.2, 0.25) is 0 Å². The summed E-state index contributed by atoms with van der Waals surface area (Å²) in [6, 6.07) is 11.3. The number of nitrogens with zero attached hydrogens (tertiary/aromatic N) is 1. The van der Waals surface area contributed by atoms with Crippen molar-refractivity contribution in [3.05, 3.63) is 70.3 Å². The van der Waals surface area contributed by atoms with Gasteiger partial charge in [-0.15, -0.1) is 0 Å². The summed E-state index contributed by atoms with van der Waals surface area (Å²) in [5.41, 5.74) is 3.29. The summed E-state index contributed by atoms with van der Waals surface area (Å²) >= 11 is 0. The molecule has 0 saturated carbocycles. The topological polar surface area (TPSA) is 113 Å². The minimum Gasteiger partial charge on any atom is -0.341 e. The zero-order valence-corrected chi connectivity index (χ0v) is 17.9. The second-order valence-corrected chi connectivity index (χ2v) is 7.96. The van der Waals surface area contributed by atoms with Crippen LogP contribution < -0.4 is 10.6 Å². The van der Waals surface area contributed by atoms with E-state index in [0.717, 1.165) is 11.1 Å². The summed E-state index contributed by atoms with van der Waals surface area (Å²) in [5, 5.41) is 5.00. The fourth-order valence-corrected chi connectivity index (χ4v) is 3.88. The van der Waals surface area contributed by atoms with Crippen molar-refractivity contribution in [2.45, 2.75) is 38.9 Å². The van der Waals surface area contributed by atoms with E-state index in [1.807, 2.05) is 6.07 Å². The first-order valence-electron chi connectivity index (χ1n) is 10.5. The van der Waals surface area contributed by atoms with Gasteiger partial charge in [0, 0.05) is 42.1 Å². The number of carbonyl (C=O) groups excluding carboxylic acids is 5. The minimum atomic E-state index is -0.662. The summed E-state index contributed by atoms with van der Waals surface area (Å²) in [7, 11) is 0. The Morgan fingerprint density at radius 1 is 1.12 bits per heavy atom. The van der Waals surface area contributed by atoms with E-state index in [4.69, 9.17) is 0 Å². The molecule has 33 heavy (non-hydrogen) atoms. The van der Waals surface area contributed by atoms with Gasteiger partial charge in [0.2, 0.25) is 11.8 Å². The van der Waals surface area contributed by atoms with Crippen LogP contribution >= 0.6 is 0 Å². The number of imide groups is 1. The number of rotatable bonds is 4. The Kier molecular flexibility index (Phi) is 6.05. The van der Waals surface area contributed by atoms with E-state index < -0.39 is 17.9 Å². The van der Waals surface area contributed by atoms with Crippen LogP contribution in [0.4, 0.5) is 0 Å². The summed E-state index contributed by atoms with van der Waals surface area (Å²) in [6.07, 6.45) is 0.513. The number of piperidine rings is 1. The van der Waals surface area contributed by atoms with Gasteiger partial charge in [-0.05, 0) is 42.7 Å². The van der Waals surface area contributed by atoms with Crippen molar-refractivity contribution in [1.82, 2.24) is 15.5 Å². The van der Waals surface area contributed by atoms with E-state index in [9.17, 15) is 24.0 Å². The molecule has 166 valence electrons. The quantitative estimate of drug-likeness (QED) is 0.421. The van der Waals surface area contributed by atoms with E-state index in [-0.39, 0.29) is 37.1 Å². The number of benzene rings is 2. The number of fused-ring (bicyclic) bond motifs is 1. The summed E-state index contributed by atoms with van der Waals surface area (Å²) in [5.74, 6) is 3.77. The van der Waals surface area contributed by atoms with Gasteiger partial charge in [-0.25, -0.2) is 0 Å². The molecule has 2 aliphatic heterocycles. The van der Waals surface area contributed by atoms with Gasteiger partial charge in [-0.3, -0.25) is 29.3 Å². The summed E-state index contributed by atoms with van der Waals surface area (Å²) in [6.45, 7) is 1.99. The molecule has 1 unspecified atom stereocenters. The lowest BCUT2D eigenvalue weighted by Gasteiger charge is -2.29. The Hall–Kier alpha value is -4.25. The third-order valence-electron chi connectivity index (χ3n) is 5.65. The highest BCUT2D eigenvalue weighted by Crippen LogP contribution is 2.28. The van der Waals surface area contributed by atoms with Crippen molar-refractivity contribution < 1.29 is 24.0 Å². The first-order chi connectivity index (χ1) is 15.8. The molecular formula is C25H21N3O5. The Labute approximate surface area is 190 Å². The number of hydrogen-bond donors (Lipinski definition) is 2. The molecule has 1 atom stereocenters. The van der Waals surface area contributed by atoms with Gasteiger partial charge in [-0.1, -0.05) is 30.2 Å². The molecule has 0 spiro atoms. The lowest BCUT2D eigenvalue weighted by Crippen LogP contribution is -2.52. The predicted octanol–water partition coefficient (Wildman–Crippen LogP) is 1.32. The molecule has 2 N–H and O–H groups in total. The van der Waals surface area contributed by atoms with Crippen LogP contribution in [0.3, 0.4) is 0 Å². The zero-order valence-electron chi connectivity index (χ0n) is 17.9. The lowest BCUT2D eigenvalue weighted by molar-refractivity contribution is -0.137. The SMILES string of the molecule is CC(=O)c1ccc(C#CC(=O)NCc2ccc3c(c2)CN(C2CCC(=O)NC2=O)C3=O)cc1. The molecule has 0 aromatic heterocycles. The number of nitrogens with one attached hydrogen (secondary N) is 2. The average Bonchev–Trinajstić information content (AvgIpc) is 3.12. The first kappa shape index (κ1) is 22.0. The molecule has 0 bridgehead atoms. The van der Waals surface area contributed by atoms with Gasteiger partial charge in [0.25, 0.3) is 11.8 Å². The highest BCUT2D eigenvalue weighted by Gasteiger charge is 2.39. The second-order valence-electron chi connectivity index (χ2n) is 7.96. The fraction of sp³-hybridized carbons (Fsp3) is 0.240. The lowest BCUT2D eigenvalue weighted by atomic mass is 10.0. The molecular weight excluding hydrogens is 422 g/mol. The van der Waals surface area contributed by atoms with E-state index >= 15 is 0 Å². The van der Waals surface area contributed by atoms with E-state index in [2.05, 4.69) is 22.5 Å². The number of hydrogen-bond acceptors (Lipinski definition) is 5. The van der Waals surface area contributed by atoms with Crippen LogP contribution in [-0.2, 0) is 27.5 Å². The van der Waals surface area contributed by atoms with E-state index in [1.165, 1.54) is 11.8 Å². The standard InChI is InChI=1S/C25H21N3O5/c1-15(29)18-6-2-16(3-7-18)5-10-22(30)26-13-17-4-8-20-19(12-17)14-28(25(20)33)21-9-11-23(31)27-24(21)32/h2-4,6-8,12,21H,9,11,13-14H2,1H3,(H,26,30)(H,27,31,32). The highest BCUT2D eigenvalue weighted by molar-refractivity contribution is 6.05. The van der Waals surface area contributed by atoms with Crippen LogP contribution in [0.15, 0.2) is 42.5 Å². The van der Waals surface area contributed by atoms with Crippen LogP contribution in [0.1, 0.15) is 57.2 Å². The first-order valence-corrected chi connectivity index (χ1v) is 10.5. The minimum absolute atomic E-state index is 0.0384. The Morgan fingerprint density at radius 3 is 2.58 bits per heavy atom. The van der Waals surface area contributed by atoms with Gasteiger partial charge in [0.05, 0.1) is 0 Å². The van der Waals surface area contributed by atoms with Crippen molar-refractivity contribution in [2.75, 3.05) is 0 Å². The van der Waals surface area contributed by atoms with Crippen molar-refractivity contribution in [2.24, 2.45) is 0 Å². The molecule has 2 heterocycles. The van der Waals surface area contributed by atoms with Gasteiger partial charge >= 0.3 is 0 Å². The molecule has 2 aromatic rings. The Bertz CT molecular complexity index is 1240. The highest BCUT2D eigenvalue weighted by atomic mass is 16.2. The van der Waals surface area contributed by atoms with Gasteiger partial charge < -0.3 is 10.2 Å². The summed E-state index contributed by atoms with van der Waals surface area (Å²) < 4.78 is 0. The molecule has 4 amide bonds. The van der Waals surface area contributed by atoms with Crippen LogP contribution in [0, 0.1) is 11.8 Å². The third-order valence-corrected chi connectivity index (χ3v) is 5.65. The third kappa shape index (κ3) is 4.83. The molecule has 2 aliphatic rings. The molecule has 1 saturated heterocycles. The monoisotopic (exact) mass is 443 g/mol. The van der Waals surface area contributed by atoms with Crippen molar-refractivity contribution in [3.63, 3.8) is 0 Å². The average molecular weight is 443 g/mol. The number of amides is 4. The fourth-order valence-electron chi connectivity index (χ4n) is 3.88. The number of ketones is 1. The molecule has 0 aliphatic carbocycles. The summed E-state index contributed by atoms with van der Waals surface area (Å²) in [4.78, 5) is 61.1. The smallest absolute Gasteiger partial charge is 0.296 e. The van der Waals surface area contributed by atoms with E-state index in [0.29, 0.717) is 23.1 Å². The van der Waals surface area contributed by atoms with Gasteiger partial charge in [-0.2, -0.15) is 0 Å². The predicted molar refractivity (Wildman–Crippen MR) is 118 cm³/mol. The number of Topliss-reactive ketones (excluding diaryl/α,β-unsaturated/α-hetero) is 1. The number of carbonyl (C=O) groups is 5. The molecule has 4 rings (SSSR count). The van der Waals surface area contributed by atoms with Crippen LogP contribution in [0.25, 0.3) is 0 Å². The maximum atomic E-state index is 12.7. The maximum Gasteiger partial charge on any atom is 0.296 e. The molecule has 1 fully saturated rings. The van der Waals surface area contributed by atoms with Crippen molar-refractivity contribution in [1.29, 1.82) is 0 Å². The molecule has 0 radical (unpaired) electrons. The van der Waals surface area contributed by atoms with E-state index in [1.54, 1.807) is 36.4 Å². The Balaban J connectivity index is 1.37. The van der Waals surface area contributed by atoms with Gasteiger partial charge in [0.15, 0.2) is 5.78 Å². The second kappa shape index (κ2) is 9.09. The van der Waals surface area contributed by atoms with Crippen LogP contribution in [0.5, 0.6) is 0 Å². The normalized spacial score (nSPS) is 17.1. The van der Waals surface area contributed by atoms with Crippen molar-refractivity contribution in [3.8, 4) is 11.8 Å². The Morgan fingerprint density at radius 2 is 1.88 bits per heavy atom. The zero-order chi connectivity index (χ0) is 23.5. The molecule has 8 nitrogen and oxygen atoms in total. The van der Waals surface area contributed by atoms with Crippen LogP contribution in [-0.4, -0.2) is 40.4 Å². The molecule has 8 heteroatoms. The van der Waals surface area contributed by atoms with Gasteiger partial charge in [0.1, 0.15) is 6.04 Å². The molecule has 2 aromatic carbocycles. The largest absolute Gasteiger partial charge is 0.341 e.